The van der Waals surface area contributed by atoms with Crippen LogP contribution in [-0.2, 0) is 17.3 Å². The van der Waals surface area contributed by atoms with Gasteiger partial charge in [-0.05, 0) is 96.5 Å². The number of benzene rings is 7. The van der Waals surface area contributed by atoms with Gasteiger partial charge in [-0.1, -0.05) is 179 Å². The van der Waals surface area contributed by atoms with E-state index in [4.69, 9.17) is 9.97 Å². The minimum Gasteiger partial charge on any atom is -0.228 e. The van der Waals surface area contributed by atoms with Gasteiger partial charge >= 0.3 is 0 Å². The molecule has 0 N–H and O–H groups in total. The van der Waals surface area contributed by atoms with Crippen molar-refractivity contribution in [3.8, 4) is 56.2 Å². The number of allylic oxidation sites excluding steroid dienone is 2. The highest BCUT2D eigenvalue weighted by Crippen LogP contribution is 2.58. The number of aryl methyl sites for hydroxylation is 1. The lowest BCUT2D eigenvalue weighted by Crippen LogP contribution is -2.18. The van der Waals surface area contributed by atoms with E-state index in [0.717, 1.165) is 46.7 Å². The molecule has 0 fully saturated rings. The second-order valence-electron chi connectivity index (χ2n) is 16.8. The van der Waals surface area contributed by atoms with Crippen molar-refractivity contribution in [2.24, 2.45) is 0 Å². The van der Waals surface area contributed by atoms with E-state index in [-0.39, 0.29) is 10.8 Å². The Balaban J connectivity index is 1.12. The maximum absolute atomic E-state index is 5.35. The Hall–Kier alpha value is -6.38. The minimum absolute atomic E-state index is 0.0777. The van der Waals surface area contributed by atoms with Gasteiger partial charge in [0.1, 0.15) is 0 Å². The zero-order chi connectivity index (χ0) is 37.8. The molecule has 0 amide bonds. The topological polar surface area (TPSA) is 25.8 Å². The van der Waals surface area contributed by atoms with E-state index in [1.54, 1.807) is 0 Å². The molecule has 1 heterocycles. The zero-order valence-corrected chi connectivity index (χ0v) is 32.3. The van der Waals surface area contributed by atoms with Gasteiger partial charge in [-0.3, -0.25) is 0 Å². The van der Waals surface area contributed by atoms with Gasteiger partial charge in [-0.25, -0.2) is 9.97 Å². The molecular weight excluding hydrogens is 677 g/mol. The maximum atomic E-state index is 5.35. The van der Waals surface area contributed by atoms with E-state index in [1.165, 1.54) is 77.6 Å². The number of aromatic nitrogens is 2. The summed E-state index contributed by atoms with van der Waals surface area (Å²) in [5.74, 6) is 0.734. The van der Waals surface area contributed by atoms with Crippen LogP contribution >= 0.6 is 0 Å². The summed E-state index contributed by atoms with van der Waals surface area (Å²) in [5.41, 5.74) is 21.5. The fourth-order valence-electron chi connectivity index (χ4n) is 10.5. The van der Waals surface area contributed by atoms with E-state index in [9.17, 15) is 0 Å². The second kappa shape index (κ2) is 12.1. The predicted molar refractivity (Wildman–Crippen MR) is 233 cm³/mol. The molecule has 2 heteroatoms. The third kappa shape index (κ3) is 4.69. The Labute approximate surface area is 329 Å². The van der Waals surface area contributed by atoms with Crippen LogP contribution in [0.3, 0.4) is 0 Å². The molecule has 56 heavy (non-hydrogen) atoms. The van der Waals surface area contributed by atoms with Gasteiger partial charge in [0.05, 0.1) is 11.4 Å². The smallest absolute Gasteiger partial charge is 0.160 e. The first-order chi connectivity index (χ1) is 27.3. The van der Waals surface area contributed by atoms with Gasteiger partial charge in [0, 0.05) is 27.5 Å². The van der Waals surface area contributed by atoms with Crippen LogP contribution in [0.15, 0.2) is 158 Å². The molecule has 2 nitrogen and oxygen atoms in total. The summed E-state index contributed by atoms with van der Waals surface area (Å²) >= 11 is 0. The average molecular weight is 719 g/mol. The van der Waals surface area contributed by atoms with Crippen molar-refractivity contribution in [3.63, 3.8) is 0 Å². The lowest BCUT2D eigenvalue weighted by Gasteiger charge is -2.29. The normalized spacial score (nSPS) is 15.6. The van der Waals surface area contributed by atoms with Crippen molar-refractivity contribution in [1.29, 1.82) is 0 Å². The molecule has 11 rings (SSSR count). The summed E-state index contributed by atoms with van der Waals surface area (Å²) in [6.07, 6.45) is 2.14. The maximum Gasteiger partial charge on any atom is 0.160 e. The van der Waals surface area contributed by atoms with Crippen molar-refractivity contribution in [2.75, 3.05) is 0 Å². The van der Waals surface area contributed by atoms with Gasteiger partial charge in [0.15, 0.2) is 5.82 Å². The predicted octanol–water partition coefficient (Wildman–Crippen LogP) is 13.8. The zero-order valence-electron chi connectivity index (χ0n) is 32.3. The summed E-state index contributed by atoms with van der Waals surface area (Å²) in [7, 11) is 0. The first-order valence-electron chi connectivity index (χ1n) is 20.0. The SMILES string of the molecule is CC1(C)C2=C(CCc3ccccc32)c2c(-c3ccc(-c4cc(-c5cccc6c5C(C)(C)c5ccccc5-6)nc(-c5ccccc5)n4)c4ccccc34)cccc21. The molecule has 0 unspecified atom stereocenters. The van der Waals surface area contributed by atoms with Crippen LogP contribution in [0, 0.1) is 0 Å². The largest absolute Gasteiger partial charge is 0.228 e. The quantitative estimate of drug-likeness (QED) is 0.181. The highest BCUT2D eigenvalue weighted by Gasteiger charge is 2.42. The number of rotatable bonds is 4. The van der Waals surface area contributed by atoms with Gasteiger partial charge < -0.3 is 0 Å². The first-order valence-corrected chi connectivity index (χ1v) is 20.0. The van der Waals surface area contributed by atoms with E-state index >= 15 is 0 Å². The molecule has 7 aromatic carbocycles. The molecule has 0 saturated heterocycles. The molecule has 0 radical (unpaired) electrons. The van der Waals surface area contributed by atoms with E-state index in [1.807, 2.05) is 0 Å². The number of nitrogens with zero attached hydrogens (tertiary/aromatic N) is 2. The van der Waals surface area contributed by atoms with Gasteiger partial charge in [0.25, 0.3) is 0 Å². The van der Waals surface area contributed by atoms with Gasteiger partial charge in [-0.2, -0.15) is 0 Å². The summed E-state index contributed by atoms with van der Waals surface area (Å²) in [6, 6.07) is 57.8. The Kier molecular flexibility index (Phi) is 7.11. The fraction of sp³-hybridized carbons (Fsp3) is 0.148. The van der Waals surface area contributed by atoms with Crippen LogP contribution in [0.5, 0.6) is 0 Å². The molecule has 8 aromatic rings. The lowest BCUT2D eigenvalue weighted by atomic mass is 9.75. The fourth-order valence-corrected chi connectivity index (χ4v) is 10.5. The van der Waals surface area contributed by atoms with Crippen molar-refractivity contribution >= 4 is 21.9 Å². The minimum atomic E-state index is -0.172. The summed E-state index contributed by atoms with van der Waals surface area (Å²) in [4.78, 5) is 10.7. The van der Waals surface area contributed by atoms with Crippen LogP contribution in [0.1, 0.15) is 67.5 Å². The van der Waals surface area contributed by atoms with Crippen molar-refractivity contribution in [2.45, 2.75) is 51.4 Å². The number of hydrogen-bond donors (Lipinski definition) is 0. The average Bonchev–Trinajstić information content (AvgIpc) is 3.63. The molecule has 268 valence electrons. The highest BCUT2D eigenvalue weighted by molar-refractivity contribution is 6.11. The summed E-state index contributed by atoms with van der Waals surface area (Å²) < 4.78 is 0. The van der Waals surface area contributed by atoms with Crippen molar-refractivity contribution in [1.82, 2.24) is 9.97 Å². The Morgan fingerprint density at radius 2 is 1.02 bits per heavy atom. The number of hydrogen-bond acceptors (Lipinski definition) is 2. The Morgan fingerprint density at radius 3 is 1.84 bits per heavy atom. The molecule has 3 aliphatic carbocycles. The highest BCUT2D eigenvalue weighted by atomic mass is 14.9. The molecule has 3 aliphatic rings. The van der Waals surface area contributed by atoms with Gasteiger partial charge in [-0.15, -0.1) is 0 Å². The third-order valence-electron chi connectivity index (χ3n) is 13.0. The summed E-state index contributed by atoms with van der Waals surface area (Å²) in [5, 5.41) is 2.43. The Bertz CT molecular complexity index is 2960. The van der Waals surface area contributed by atoms with Crippen molar-refractivity contribution < 1.29 is 0 Å². The standard InChI is InChI=1S/C54H42N2/c1-53(2)45-26-13-12-22-39(45)42-24-14-25-43(51(42)53)48-32-47(55-52(56-48)34-17-6-5-7-18-34)40-31-30-38(36-20-10-11-21-37(36)40)41-23-15-27-46-49(41)44-29-28-33-16-8-9-19-35(33)50(44)54(46,3)4/h5-27,30-32H,28-29H2,1-4H3. The van der Waals surface area contributed by atoms with Crippen LogP contribution < -0.4 is 0 Å². The van der Waals surface area contributed by atoms with E-state index < -0.39 is 0 Å². The molecule has 0 spiro atoms. The van der Waals surface area contributed by atoms with Crippen LogP contribution in [0.25, 0.3) is 78.1 Å². The molecular formula is C54H42N2. The van der Waals surface area contributed by atoms with Crippen molar-refractivity contribution in [3.05, 3.63) is 191 Å². The van der Waals surface area contributed by atoms with Crippen LogP contribution in [-0.4, -0.2) is 9.97 Å². The molecule has 0 atom stereocenters. The lowest BCUT2D eigenvalue weighted by molar-refractivity contribution is 0.662. The van der Waals surface area contributed by atoms with E-state index in [2.05, 4.69) is 185 Å². The molecule has 0 saturated carbocycles. The van der Waals surface area contributed by atoms with Gasteiger partial charge in [0.2, 0.25) is 0 Å². The third-order valence-corrected chi connectivity index (χ3v) is 13.0. The number of fused-ring (bicyclic) bond motifs is 8. The second-order valence-corrected chi connectivity index (χ2v) is 16.8. The van der Waals surface area contributed by atoms with E-state index in [0.29, 0.717) is 0 Å². The molecule has 0 bridgehead atoms. The first kappa shape index (κ1) is 33.0. The van der Waals surface area contributed by atoms with Crippen LogP contribution in [0.2, 0.25) is 0 Å². The molecule has 0 aliphatic heterocycles. The molecule has 1 aromatic heterocycles. The Morgan fingerprint density at radius 1 is 0.429 bits per heavy atom. The van der Waals surface area contributed by atoms with Crippen LogP contribution in [0.4, 0.5) is 0 Å². The monoisotopic (exact) mass is 718 g/mol. The summed E-state index contributed by atoms with van der Waals surface area (Å²) in [6.45, 7) is 9.53.